The molecule has 2 N–H and O–H groups in total. The molecule has 2 amide bonds. The van der Waals surface area contributed by atoms with Crippen molar-refractivity contribution in [2.45, 2.75) is 51.3 Å². The van der Waals surface area contributed by atoms with Crippen LogP contribution in [-0.2, 0) is 14.8 Å². The molecule has 0 spiro atoms. The van der Waals surface area contributed by atoms with Gasteiger partial charge in [0.2, 0.25) is 12.5 Å². The van der Waals surface area contributed by atoms with Crippen molar-refractivity contribution in [3.05, 3.63) is 117 Å². The van der Waals surface area contributed by atoms with Crippen LogP contribution >= 0.6 is 11.6 Å². The summed E-state index contributed by atoms with van der Waals surface area (Å²) in [6, 6.07) is 19.4. The summed E-state index contributed by atoms with van der Waals surface area (Å²) in [6.45, 7) is 10.8. The number of carbonyl (C=O) groups is 2. The predicted octanol–water partition coefficient (Wildman–Crippen LogP) is 8.64. The molecule has 7 rings (SSSR count). The van der Waals surface area contributed by atoms with Crippen LogP contribution in [0.2, 0.25) is 5.02 Å². The number of nitrogens with zero attached hydrogens (tertiary/aromatic N) is 5. The number of pyridine rings is 1. The third-order valence-electron chi connectivity index (χ3n) is 11.0. The number of nitrogens with one attached hydrogen (secondary N) is 2. The number of fused-ring (bicyclic) bond motifs is 1. The summed E-state index contributed by atoms with van der Waals surface area (Å²) in [5, 5.41) is 13.5. The lowest BCUT2D eigenvalue weighted by Crippen LogP contribution is -2.47. The van der Waals surface area contributed by atoms with Crippen LogP contribution in [0, 0.1) is 16.0 Å². The smallest absolute Gasteiger partial charge is 0.412 e. The molecule has 2 aliphatic rings. The maximum atomic E-state index is 13.9. The number of rotatable bonds is 15. The van der Waals surface area contributed by atoms with Crippen molar-refractivity contribution in [2.75, 3.05) is 57.5 Å². The predicted molar refractivity (Wildman–Crippen MR) is 240 cm³/mol. The Balaban J connectivity index is 1.07. The quantitative estimate of drug-likeness (QED) is 0.0579. The molecule has 2 aromatic heterocycles. The van der Waals surface area contributed by atoms with E-state index in [9.17, 15) is 28.1 Å². The van der Waals surface area contributed by atoms with E-state index in [1.54, 1.807) is 24.4 Å². The van der Waals surface area contributed by atoms with Gasteiger partial charge in [-0.1, -0.05) is 43.2 Å². The van der Waals surface area contributed by atoms with Gasteiger partial charge in [0.25, 0.3) is 15.9 Å². The molecule has 0 aliphatic carbocycles. The van der Waals surface area contributed by atoms with Gasteiger partial charge in [-0.15, -0.1) is 0 Å². The maximum Gasteiger partial charge on any atom is 0.412 e. The largest absolute Gasteiger partial charge is 0.455 e. The fourth-order valence-electron chi connectivity index (χ4n) is 7.75. The van der Waals surface area contributed by atoms with E-state index >= 15 is 0 Å². The fourth-order valence-corrected chi connectivity index (χ4v) is 8.86. The minimum absolute atomic E-state index is 0.0770. The normalized spacial score (nSPS) is 15.3. The van der Waals surface area contributed by atoms with Crippen molar-refractivity contribution >= 4 is 61.6 Å². The van der Waals surface area contributed by atoms with Gasteiger partial charge in [-0.05, 0) is 98.2 Å². The van der Waals surface area contributed by atoms with E-state index < -0.39 is 44.3 Å². The highest BCUT2D eigenvalue weighted by Gasteiger charge is 2.28. The lowest BCUT2D eigenvalue weighted by atomic mass is 9.92. The lowest BCUT2D eigenvalue weighted by molar-refractivity contribution is -0.386. The zero-order valence-electron chi connectivity index (χ0n) is 35.3. The molecule has 0 radical (unpaired) electrons. The van der Waals surface area contributed by atoms with Gasteiger partial charge in [0, 0.05) is 80.2 Å². The van der Waals surface area contributed by atoms with Crippen molar-refractivity contribution in [1.29, 1.82) is 0 Å². The average Bonchev–Trinajstić information content (AvgIpc) is 3.74. The number of carbonyl (C=O) groups excluding carboxylic acids is 2. The number of allylic oxidation sites excluding steroid dienone is 1. The van der Waals surface area contributed by atoms with Gasteiger partial charge in [0.15, 0.2) is 0 Å². The van der Waals surface area contributed by atoms with E-state index in [0.29, 0.717) is 48.5 Å². The van der Waals surface area contributed by atoms with Gasteiger partial charge < -0.3 is 29.0 Å². The summed E-state index contributed by atoms with van der Waals surface area (Å²) in [4.78, 5) is 50.4. The number of nitro benzene ring substituents is 1. The first-order valence-corrected chi connectivity index (χ1v) is 22.7. The Hall–Kier alpha value is -6.17. The van der Waals surface area contributed by atoms with Crippen molar-refractivity contribution in [3.63, 3.8) is 0 Å². The molecule has 0 atom stereocenters. The standard InChI is InChI=1S/C45H50ClN7O9S/c1-30(2)23-39(32-7-9-34(46)10-8-32)31(3)28-50-19-21-51(22-20-50)35-11-13-38(42(25-35)62-36-24-33-15-16-47-43(33)48-27-36)44(54)49-63(58,59)37-12-14-41(40(26-37)53(56)57)60-29-61-45(55)52-17-5-4-6-18-52/h7-16,24-27,30H,4-6,17-23,28-29H2,1-3H3,(H,47,48)(H,49,54). The van der Waals surface area contributed by atoms with Crippen LogP contribution in [0.4, 0.5) is 16.2 Å². The zero-order valence-corrected chi connectivity index (χ0v) is 36.9. The van der Waals surface area contributed by atoms with E-state index in [-0.39, 0.29) is 17.1 Å². The molecular formula is C45H50ClN7O9S. The number of anilines is 1. The number of hydrogen-bond acceptors (Lipinski definition) is 12. The molecular weight excluding hydrogens is 850 g/mol. The molecule has 4 heterocycles. The number of piperidine rings is 1. The van der Waals surface area contributed by atoms with Gasteiger partial charge in [0.05, 0.1) is 21.6 Å². The SMILES string of the molecule is CC(CN1CCN(c2ccc(C(=O)NS(=O)(=O)c3ccc(OCOC(=O)N4CCCCC4)c([N+](=O)[O-])c3)c(Oc3cnc4[nH]ccc4c3)c2)CC1)=C(CC(C)C)c1ccc(Cl)cc1. The Morgan fingerprint density at radius 1 is 0.937 bits per heavy atom. The number of aromatic amines is 1. The molecule has 3 aromatic carbocycles. The van der Waals surface area contributed by atoms with Gasteiger partial charge in [0.1, 0.15) is 17.1 Å². The molecule has 0 unspecified atom stereocenters. The summed E-state index contributed by atoms with van der Waals surface area (Å²) >= 11 is 6.19. The minimum Gasteiger partial charge on any atom is -0.455 e. The molecule has 2 aliphatic heterocycles. The first-order valence-electron chi connectivity index (χ1n) is 20.8. The number of sulfonamides is 1. The number of halogens is 1. The van der Waals surface area contributed by atoms with Crippen molar-refractivity contribution < 1.29 is 37.1 Å². The monoisotopic (exact) mass is 899 g/mol. The number of aromatic nitrogens is 2. The molecule has 0 bridgehead atoms. The number of hydrogen-bond donors (Lipinski definition) is 2. The number of amides is 2. The summed E-state index contributed by atoms with van der Waals surface area (Å²) in [5.41, 5.74) is 4.40. The number of H-pyrrole nitrogens is 1. The third kappa shape index (κ3) is 11.3. The highest BCUT2D eigenvalue weighted by molar-refractivity contribution is 7.90. The summed E-state index contributed by atoms with van der Waals surface area (Å²) in [6.07, 6.45) is 6.27. The first-order chi connectivity index (χ1) is 30.2. The second-order valence-electron chi connectivity index (χ2n) is 16.0. The molecule has 0 saturated carbocycles. The lowest BCUT2D eigenvalue weighted by Gasteiger charge is -2.37. The second kappa shape index (κ2) is 19.9. The van der Waals surface area contributed by atoms with E-state index in [4.69, 9.17) is 25.8 Å². The first kappa shape index (κ1) is 44.9. The number of piperazine rings is 1. The average molecular weight is 900 g/mol. The van der Waals surface area contributed by atoms with Crippen LogP contribution in [0.5, 0.6) is 17.2 Å². The van der Waals surface area contributed by atoms with Crippen LogP contribution in [-0.4, -0.2) is 97.7 Å². The molecule has 2 saturated heterocycles. The van der Waals surface area contributed by atoms with Crippen LogP contribution in [0.1, 0.15) is 62.4 Å². The zero-order chi connectivity index (χ0) is 44.7. The van der Waals surface area contributed by atoms with Crippen LogP contribution in [0.3, 0.4) is 0 Å². The van der Waals surface area contributed by atoms with Gasteiger partial charge in [-0.25, -0.2) is 22.9 Å². The third-order valence-corrected chi connectivity index (χ3v) is 12.6. The Kier molecular flexibility index (Phi) is 14.2. The Morgan fingerprint density at radius 3 is 2.40 bits per heavy atom. The van der Waals surface area contributed by atoms with E-state index in [2.05, 4.69) is 52.7 Å². The highest BCUT2D eigenvalue weighted by atomic mass is 35.5. The maximum absolute atomic E-state index is 13.9. The second-order valence-corrected chi connectivity index (χ2v) is 18.2. The molecule has 5 aromatic rings. The van der Waals surface area contributed by atoms with E-state index in [1.807, 2.05) is 22.9 Å². The summed E-state index contributed by atoms with van der Waals surface area (Å²) < 4.78 is 46.1. The van der Waals surface area contributed by atoms with E-state index in [0.717, 1.165) is 74.6 Å². The molecule has 16 nitrogen and oxygen atoms in total. The van der Waals surface area contributed by atoms with Crippen LogP contribution in [0.15, 0.2) is 95.7 Å². The van der Waals surface area contributed by atoms with Gasteiger partial charge in [-0.3, -0.25) is 19.8 Å². The van der Waals surface area contributed by atoms with Crippen LogP contribution < -0.4 is 19.1 Å². The van der Waals surface area contributed by atoms with Gasteiger partial charge in [-0.2, -0.15) is 0 Å². The molecule has 332 valence electrons. The number of benzene rings is 3. The highest BCUT2D eigenvalue weighted by Crippen LogP contribution is 2.34. The number of nitro groups is 1. The fraction of sp³-hybridized carbons (Fsp3) is 0.356. The van der Waals surface area contributed by atoms with Crippen molar-refractivity contribution in [1.82, 2.24) is 24.5 Å². The molecule has 63 heavy (non-hydrogen) atoms. The minimum atomic E-state index is -4.67. The van der Waals surface area contributed by atoms with Gasteiger partial charge >= 0.3 is 11.8 Å². The summed E-state index contributed by atoms with van der Waals surface area (Å²) in [5.74, 6) is -0.475. The topological polar surface area (TPSA) is 190 Å². The molecule has 18 heteroatoms. The Labute approximate surface area is 371 Å². The van der Waals surface area contributed by atoms with E-state index in [1.165, 1.54) is 33.9 Å². The summed E-state index contributed by atoms with van der Waals surface area (Å²) in [7, 11) is -4.67. The van der Waals surface area contributed by atoms with Crippen molar-refractivity contribution in [3.8, 4) is 17.2 Å². The number of likely N-dealkylation sites (tertiary alicyclic amines) is 1. The van der Waals surface area contributed by atoms with Crippen molar-refractivity contribution in [2.24, 2.45) is 5.92 Å². The Bertz CT molecular complexity index is 2600. The molecule has 2 fully saturated rings. The number of ether oxygens (including phenoxy) is 3. The Morgan fingerprint density at radius 2 is 1.68 bits per heavy atom. The van der Waals surface area contributed by atoms with Crippen LogP contribution in [0.25, 0.3) is 16.6 Å².